The molecule has 0 amide bonds. The summed E-state index contributed by atoms with van der Waals surface area (Å²) in [4.78, 5) is 0. The predicted molar refractivity (Wildman–Crippen MR) is 84.7 cm³/mol. The molecule has 0 saturated carbocycles. The molecule has 19 heavy (non-hydrogen) atoms. The van der Waals surface area contributed by atoms with Crippen molar-refractivity contribution in [3.05, 3.63) is 70.8 Å². The second-order valence-electron chi connectivity index (χ2n) is 5.13. The van der Waals surface area contributed by atoms with E-state index < -0.39 is 0 Å². The smallest absolute Gasteiger partial charge is 0.146 e. The van der Waals surface area contributed by atoms with Crippen LogP contribution in [0.5, 0.6) is 0 Å². The van der Waals surface area contributed by atoms with Crippen molar-refractivity contribution >= 4 is 10.5 Å². The van der Waals surface area contributed by atoms with Crippen molar-refractivity contribution in [3.63, 3.8) is 0 Å². The first-order valence-corrected chi connectivity index (χ1v) is 7.60. The van der Waals surface area contributed by atoms with Crippen LogP contribution in [0.2, 0.25) is 0 Å². The van der Waals surface area contributed by atoms with Crippen LogP contribution in [0.3, 0.4) is 0 Å². The Morgan fingerprint density at radius 2 is 1.26 bits per heavy atom. The fraction of sp³-hybridized carbons (Fsp3) is 0.294. The van der Waals surface area contributed by atoms with Gasteiger partial charge < -0.3 is 4.43 Å². The summed E-state index contributed by atoms with van der Waals surface area (Å²) < 4.78 is 5.77. The third kappa shape index (κ3) is 2.96. The molecule has 2 aromatic rings. The summed E-state index contributed by atoms with van der Waals surface area (Å²) in [6.45, 7) is 6.54. The minimum absolute atomic E-state index is 0.217. The lowest BCUT2D eigenvalue weighted by molar-refractivity contribution is 0.222. The Morgan fingerprint density at radius 3 is 1.63 bits per heavy atom. The van der Waals surface area contributed by atoms with E-state index in [0.29, 0.717) is 5.92 Å². The maximum atomic E-state index is 5.77. The largest absolute Gasteiger partial charge is 0.424 e. The van der Waals surface area contributed by atoms with Crippen molar-refractivity contribution in [2.75, 3.05) is 0 Å². The summed E-state index contributed by atoms with van der Waals surface area (Å²) in [7, 11) is 0.769. The number of aryl methyl sites for hydroxylation is 2. The predicted octanol–water partition coefficient (Wildman–Crippen LogP) is 3.12. The number of hydrogen-bond acceptors (Lipinski definition) is 1. The Morgan fingerprint density at radius 1 is 0.842 bits per heavy atom. The zero-order chi connectivity index (χ0) is 13.8. The van der Waals surface area contributed by atoms with Gasteiger partial charge in [0.05, 0.1) is 6.10 Å². The van der Waals surface area contributed by atoms with Crippen molar-refractivity contribution in [1.29, 1.82) is 0 Å². The van der Waals surface area contributed by atoms with Gasteiger partial charge in [-0.25, -0.2) is 0 Å². The van der Waals surface area contributed by atoms with Crippen LogP contribution in [0.15, 0.2) is 48.5 Å². The molecule has 0 aliphatic carbocycles. The molecule has 1 nitrogen and oxygen atoms in total. The van der Waals surface area contributed by atoms with Crippen molar-refractivity contribution in [3.8, 4) is 0 Å². The van der Waals surface area contributed by atoms with Crippen molar-refractivity contribution in [1.82, 2.24) is 0 Å². The first-order valence-electron chi connectivity index (χ1n) is 6.79. The van der Waals surface area contributed by atoms with E-state index in [1.165, 1.54) is 22.3 Å². The third-order valence-corrected chi connectivity index (χ3v) is 4.63. The van der Waals surface area contributed by atoms with Crippen LogP contribution in [0.4, 0.5) is 0 Å². The molecular formula is C17H22OSi. The highest BCUT2D eigenvalue weighted by Gasteiger charge is 2.23. The summed E-state index contributed by atoms with van der Waals surface area (Å²) in [6.07, 6.45) is 0.217. The number of hydrogen-bond donors (Lipinski definition) is 0. The first-order chi connectivity index (χ1) is 9.15. The lowest BCUT2D eigenvalue weighted by atomic mass is 9.83. The third-order valence-electron chi connectivity index (χ3n) is 3.89. The van der Waals surface area contributed by atoms with E-state index in [1.54, 1.807) is 0 Å². The van der Waals surface area contributed by atoms with Gasteiger partial charge in [0.25, 0.3) is 0 Å². The summed E-state index contributed by atoms with van der Waals surface area (Å²) in [5, 5.41) is 0. The van der Waals surface area contributed by atoms with Gasteiger partial charge in [-0.3, -0.25) is 0 Å². The molecule has 100 valence electrons. The fourth-order valence-electron chi connectivity index (χ4n) is 2.68. The van der Waals surface area contributed by atoms with Gasteiger partial charge in [0, 0.05) is 5.92 Å². The van der Waals surface area contributed by atoms with Crippen molar-refractivity contribution in [2.24, 2.45) is 0 Å². The van der Waals surface area contributed by atoms with E-state index in [4.69, 9.17) is 4.43 Å². The normalized spacial score (nSPS) is 12.8. The van der Waals surface area contributed by atoms with E-state index in [9.17, 15) is 0 Å². The van der Waals surface area contributed by atoms with Gasteiger partial charge in [-0.05, 0) is 43.0 Å². The summed E-state index contributed by atoms with van der Waals surface area (Å²) >= 11 is 0. The topological polar surface area (TPSA) is 9.23 Å². The highest BCUT2D eigenvalue weighted by molar-refractivity contribution is 5.98. The Bertz CT molecular complexity index is 505. The Balaban J connectivity index is 2.55. The highest BCUT2D eigenvalue weighted by atomic mass is 28.2. The Hall–Kier alpha value is -1.38. The molecular weight excluding hydrogens is 248 g/mol. The zero-order valence-electron chi connectivity index (χ0n) is 12.2. The average molecular weight is 270 g/mol. The van der Waals surface area contributed by atoms with Crippen LogP contribution in [0, 0.1) is 13.8 Å². The molecule has 0 spiro atoms. The molecule has 1 atom stereocenters. The zero-order valence-corrected chi connectivity index (χ0v) is 14.2. The van der Waals surface area contributed by atoms with Crippen molar-refractivity contribution in [2.45, 2.75) is 32.8 Å². The van der Waals surface area contributed by atoms with Crippen LogP contribution >= 0.6 is 0 Å². The second-order valence-corrected chi connectivity index (χ2v) is 5.60. The molecule has 0 N–H and O–H groups in total. The van der Waals surface area contributed by atoms with Crippen LogP contribution in [-0.2, 0) is 4.43 Å². The number of rotatable bonds is 4. The van der Waals surface area contributed by atoms with Gasteiger partial charge >= 0.3 is 0 Å². The molecule has 2 heteroatoms. The average Bonchev–Trinajstić information content (AvgIpc) is 2.43. The summed E-state index contributed by atoms with van der Waals surface area (Å²) in [5.74, 6) is 0.319. The minimum atomic E-state index is 0.217. The Labute approximate surface area is 119 Å². The van der Waals surface area contributed by atoms with Gasteiger partial charge in [-0.15, -0.1) is 0 Å². The van der Waals surface area contributed by atoms with E-state index in [1.807, 2.05) is 0 Å². The quantitative estimate of drug-likeness (QED) is 0.776. The molecule has 1 unspecified atom stereocenters. The van der Waals surface area contributed by atoms with E-state index in [2.05, 4.69) is 69.3 Å². The first kappa shape index (κ1) is 14.0. The monoisotopic (exact) mass is 270 g/mol. The molecule has 0 fully saturated rings. The molecule has 0 aliphatic heterocycles. The maximum absolute atomic E-state index is 5.77. The van der Waals surface area contributed by atoms with Crippen LogP contribution in [-0.4, -0.2) is 16.6 Å². The molecule has 0 radical (unpaired) electrons. The van der Waals surface area contributed by atoms with Gasteiger partial charge in [0.1, 0.15) is 10.5 Å². The van der Waals surface area contributed by atoms with Gasteiger partial charge in [0.2, 0.25) is 0 Å². The molecule has 2 aromatic carbocycles. The van der Waals surface area contributed by atoms with E-state index in [-0.39, 0.29) is 6.10 Å². The van der Waals surface area contributed by atoms with Crippen LogP contribution in [0.25, 0.3) is 0 Å². The molecule has 0 bridgehead atoms. The van der Waals surface area contributed by atoms with Crippen LogP contribution < -0.4 is 0 Å². The van der Waals surface area contributed by atoms with Gasteiger partial charge in [-0.1, -0.05) is 48.5 Å². The Kier molecular flexibility index (Phi) is 4.56. The fourth-order valence-corrected chi connectivity index (χ4v) is 2.95. The molecule has 0 aromatic heterocycles. The number of benzene rings is 2. The standard InChI is InChI=1S/C17H22OSi/c1-12-8-4-6-10-15(12)17(14(3)18-19)16-11-7-5-9-13(16)2/h4-11,14,17H,1-3,19H3. The van der Waals surface area contributed by atoms with Gasteiger partial charge in [0.15, 0.2) is 0 Å². The minimum Gasteiger partial charge on any atom is -0.424 e. The lowest BCUT2D eigenvalue weighted by Gasteiger charge is -2.27. The molecule has 2 rings (SSSR count). The SMILES string of the molecule is Cc1ccccc1C(c1ccccc1C)C(C)O[SiH3]. The molecule has 0 aliphatic rings. The summed E-state index contributed by atoms with van der Waals surface area (Å²) in [6, 6.07) is 17.2. The van der Waals surface area contributed by atoms with Crippen molar-refractivity contribution < 1.29 is 4.43 Å². The second kappa shape index (κ2) is 6.18. The van der Waals surface area contributed by atoms with E-state index >= 15 is 0 Å². The lowest BCUT2D eigenvalue weighted by Crippen LogP contribution is -2.21. The molecule has 0 saturated heterocycles. The summed E-state index contributed by atoms with van der Waals surface area (Å²) in [5.41, 5.74) is 5.42. The highest BCUT2D eigenvalue weighted by Crippen LogP contribution is 2.33. The maximum Gasteiger partial charge on any atom is 0.146 e. The van der Waals surface area contributed by atoms with E-state index in [0.717, 1.165) is 10.5 Å². The molecule has 0 heterocycles. The van der Waals surface area contributed by atoms with Gasteiger partial charge in [-0.2, -0.15) is 0 Å². The van der Waals surface area contributed by atoms with Crippen LogP contribution in [0.1, 0.15) is 35.1 Å².